The SMILES string of the molecule is CCNC(=NCC1CCCO1)NCCCn1cc(C)cn1.I. The number of rotatable bonds is 7. The Morgan fingerprint density at radius 1 is 1.50 bits per heavy atom. The molecule has 0 radical (unpaired) electrons. The molecule has 1 atom stereocenters. The van der Waals surface area contributed by atoms with Crippen molar-refractivity contribution in [3.8, 4) is 0 Å². The van der Waals surface area contributed by atoms with Crippen LogP contribution in [0.4, 0.5) is 0 Å². The Balaban J connectivity index is 0.00000242. The van der Waals surface area contributed by atoms with Crippen molar-refractivity contribution in [2.75, 3.05) is 26.2 Å². The number of ether oxygens (including phenoxy) is 1. The van der Waals surface area contributed by atoms with Gasteiger partial charge in [-0.25, -0.2) is 0 Å². The molecule has 0 amide bonds. The zero-order valence-electron chi connectivity index (χ0n) is 13.5. The number of hydrogen-bond acceptors (Lipinski definition) is 3. The van der Waals surface area contributed by atoms with Crippen molar-refractivity contribution in [3.63, 3.8) is 0 Å². The Bertz CT molecular complexity index is 443. The van der Waals surface area contributed by atoms with Crippen molar-refractivity contribution < 1.29 is 4.74 Å². The molecule has 0 spiro atoms. The standard InChI is InChI=1S/C15H27N5O.HI/c1-3-16-15(18-11-14-6-4-9-21-14)17-7-5-8-20-12-13(2)10-19-20;/h10,12,14H,3-9,11H2,1-2H3,(H2,16,17,18);1H. The average molecular weight is 421 g/mol. The largest absolute Gasteiger partial charge is 0.376 e. The summed E-state index contributed by atoms with van der Waals surface area (Å²) in [6.45, 7) is 8.44. The highest BCUT2D eigenvalue weighted by molar-refractivity contribution is 14.0. The molecule has 1 aromatic heterocycles. The molecule has 1 aliphatic heterocycles. The van der Waals surface area contributed by atoms with Crippen molar-refractivity contribution in [2.24, 2.45) is 4.99 Å². The second-order valence-electron chi connectivity index (χ2n) is 5.42. The first-order chi connectivity index (χ1) is 10.3. The highest BCUT2D eigenvalue weighted by Crippen LogP contribution is 2.11. The quantitative estimate of drug-likeness (QED) is 0.306. The molecule has 2 rings (SSSR count). The zero-order valence-corrected chi connectivity index (χ0v) is 15.9. The zero-order chi connectivity index (χ0) is 14.9. The summed E-state index contributed by atoms with van der Waals surface area (Å²) >= 11 is 0. The summed E-state index contributed by atoms with van der Waals surface area (Å²) in [6.07, 6.45) is 7.56. The summed E-state index contributed by atoms with van der Waals surface area (Å²) in [6, 6.07) is 0. The van der Waals surface area contributed by atoms with Gasteiger partial charge in [0, 0.05) is 32.4 Å². The van der Waals surface area contributed by atoms with Crippen LogP contribution in [0.25, 0.3) is 0 Å². The van der Waals surface area contributed by atoms with E-state index in [4.69, 9.17) is 4.74 Å². The molecule has 0 bridgehead atoms. The van der Waals surface area contributed by atoms with Gasteiger partial charge in [-0.3, -0.25) is 9.67 Å². The molecule has 1 unspecified atom stereocenters. The minimum atomic E-state index is 0. The maximum absolute atomic E-state index is 5.59. The molecule has 0 aromatic carbocycles. The fourth-order valence-electron chi connectivity index (χ4n) is 2.36. The third kappa shape index (κ3) is 6.95. The first-order valence-electron chi connectivity index (χ1n) is 7.90. The van der Waals surface area contributed by atoms with Gasteiger partial charge in [-0.05, 0) is 38.7 Å². The number of nitrogens with one attached hydrogen (secondary N) is 2. The maximum atomic E-state index is 5.59. The van der Waals surface area contributed by atoms with Crippen LogP contribution in [0.2, 0.25) is 0 Å². The number of halogens is 1. The second-order valence-corrected chi connectivity index (χ2v) is 5.42. The Hall–Kier alpha value is -0.830. The molecule has 7 heteroatoms. The lowest BCUT2D eigenvalue weighted by atomic mass is 10.2. The van der Waals surface area contributed by atoms with Gasteiger partial charge in [0.2, 0.25) is 0 Å². The smallest absolute Gasteiger partial charge is 0.191 e. The summed E-state index contributed by atoms with van der Waals surface area (Å²) in [4.78, 5) is 4.59. The van der Waals surface area contributed by atoms with Crippen LogP contribution >= 0.6 is 24.0 Å². The van der Waals surface area contributed by atoms with E-state index in [0.717, 1.165) is 58.0 Å². The van der Waals surface area contributed by atoms with Crippen LogP contribution in [0, 0.1) is 6.92 Å². The molecule has 2 N–H and O–H groups in total. The van der Waals surface area contributed by atoms with E-state index in [2.05, 4.69) is 40.8 Å². The fourth-order valence-corrected chi connectivity index (χ4v) is 2.36. The number of guanidine groups is 1. The van der Waals surface area contributed by atoms with Crippen LogP contribution in [0.5, 0.6) is 0 Å². The topological polar surface area (TPSA) is 63.5 Å². The lowest BCUT2D eigenvalue weighted by Gasteiger charge is -2.12. The molecule has 0 aliphatic carbocycles. The van der Waals surface area contributed by atoms with E-state index < -0.39 is 0 Å². The first-order valence-corrected chi connectivity index (χ1v) is 7.90. The van der Waals surface area contributed by atoms with Crippen LogP contribution in [-0.2, 0) is 11.3 Å². The summed E-state index contributed by atoms with van der Waals surface area (Å²) in [7, 11) is 0. The molecule has 1 aliphatic rings. The Morgan fingerprint density at radius 3 is 3.00 bits per heavy atom. The number of aliphatic imine (C=N–C) groups is 1. The van der Waals surface area contributed by atoms with Gasteiger partial charge >= 0.3 is 0 Å². The molecular formula is C15H28IN5O. The first kappa shape index (κ1) is 19.2. The van der Waals surface area contributed by atoms with Gasteiger partial charge in [-0.1, -0.05) is 0 Å². The number of aryl methyl sites for hydroxylation is 2. The predicted octanol–water partition coefficient (Wildman–Crippen LogP) is 1.93. The predicted molar refractivity (Wildman–Crippen MR) is 100.0 cm³/mol. The minimum Gasteiger partial charge on any atom is -0.376 e. The highest BCUT2D eigenvalue weighted by atomic mass is 127. The van der Waals surface area contributed by atoms with Crippen molar-refractivity contribution in [1.29, 1.82) is 0 Å². The van der Waals surface area contributed by atoms with Gasteiger partial charge in [-0.2, -0.15) is 5.10 Å². The summed E-state index contributed by atoms with van der Waals surface area (Å²) in [5, 5.41) is 10.9. The van der Waals surface area contributed by atoms with Crippen molar-refractivity contribution >= 4 is 29.9 Å². The van der Waals surface area contributed by atoms with Gasteiger partial charge in [0.1, 0.15) is 0 Å². The van der Waals surface area contributed by atoms with Crippen molar-refractivity contribution in [2.45, 2.75) is 45.8 Å². The lowest BCUT2D eigenvalue weighted by Crippen LogP contribution is -2.38. The van der Waals surface area contributed by atoms with Crippen LogP contribution in [0.1, 0.15) is 31.7 Å². The Labute approximate surface area is 150 Å². The van der Waals surface area contributed by atoms with E-state index in [9.17, 15) is 0 Å². The average Bonchev–Trinajstić information content (AvgIpc) is 3.12. The summed E-state index contributed by atoms with van der Waals surface area (Å²) in [5.74, 6) is 0.879. The second kappa shape index (κ2) is 10.8. The van der Waals surface area contributed by atoms with E-state index in [1.807, 2.05) is 10.9 Å². The molecule has 2 heterocycles. The Kier molecular flexibility index (Phi) is 9.45. The summed E-state index contributed by atoms with van der Waals surface area (Å²) < 4.78 is 7.57. The van der Waals surface area contributed by atoms with Gasteiger partial charge in [0.25, 0.3) is 0 Å². The number of nitrogens with zero attached hydrogens (tertiary/aromatic N) is 3. The van der Waals surface area contributed by atoms with Crippen molar-refractivity contribution in [3.05, 3.63) is 18.0 Å². The van der Waals surface area contributed by atoms with Crippen molar-refractivity contribution in [1.82, 2.24) is 20.4 Å². The number of hydrogen-bond donors (Lipinski definition) is 2. The number of aromatic nitrogens is 2. The minimum absolute atomic E-state index is 0. The third-order valence-corrected chi connectivity index (χ3v) is 3.44. The van der Waals surface area contributed by atoms with Gasteiger partial charge in [0.15, 0.2) is 5.96 Å². The van der Waals surface area contributed by atoms with E-state index in [1.165, 1.54) is 5.56 Å². The molecule has 6 nitrogen and oxygen atoms in total. The van der Waals surface area contributed by atoms with E-state index in [-0.39, 0.29) is 24.0 Å². The molecule has 0 saturated carbocycles. The normalized spacial score (nSPS) is 18.1. The van der Waals surface area contributed by atoms with E-state index in [1.54, 1.807) is 0 Å². The summed E-state index contributed by atoms with van der Waals surface area (Å²) in [5.41, 5.74) is 1.20. The molecule has 22 heavy (non-hydrogen) atoms. The van der Waals surface area contributed by atoms with Gasteiger partial charge < -0.3 is 15.4 Å². The highest BCUT2D eigenvalue weighted by Gasteiger charge is 2.14. The van der Waals surface area contributed by atoms with E-state index >= 15 is 0 Å². The fraction of sp³-hybridized carbons (Fsp3) is 0.733. The molecule has 126 valence electrons. The maximum Gasteiger partial charge on any atom is 0.191 e. The van der Waals surface area contributed by atoms with Crippen LogP contribution in [0.3, 0.4) is 0 Å². The van der Waals surface area contributed by atoms with Gasteiger partial charge in [-0.15, -0.1) is 24.0 Å². The van der Waals surface area contributed by atoms with Crippen LogP contribution in [-0.4, -0.2) is 48.1 Å². The molecule has 1 fully saturated rings. The van der Waals surface area contributed by atoms with Gasteiger partial charge in [0.05, 0.1) is 18.8 Å². The van der Waals surface area contributed by atoms with Crippen LogP contribution in [0.15, 0.2) is 17.4 Å². The van der Waals surface area contributed by atoms with E-state index in [0.29, 0.717) is 6.10 Å². The third-order valence-electron chi connectivity index (χ3n) is 3.44. The molecule has 1 aromatic rings. The monoisotopic (exact) mass is 421 g/mol. The molecular weight excluding hydrogens is 393 g/mol. The Morgan fingerprint density at radius 2 is 2.36 bits per heavy atom. The lowest BCUT2D eigenvalue weighted by molar-refractivity contribution is 0.117. The van der Waals surface area contributed by atoms with Crippen LogP contribution < -0.4 is 10.6 Å². The molecule has 1 saturated heterocycles.